The highest BCUT2D eigenvalue weighted by molar-refractivity contribution is 5.98. The van der Waals surface area contributed by atoms with Gasteiger partial charge >= 0.3 is 0 Å². The van der Waals surface area contributed by atoms with Crippen LogP contribution in [0.15, 0.2) is 46.3 Å². The van der Waals surface area contributed by atoms with Gasteiger partial charge in [0.2, 0.25) is 0 Å². The largest absolute Gasteiger partial charge is 0.393 e. The zero-order valence-corrected chi connectivity index (χ0v) is 13.5. The summed E-state index contributed by atoms with van der Waals surface area (Å²) in [5.74, 6) is 0.339. The first kappa shape index (κ1) is 16.5. The van der Waals surface area contributed by atoms with Gasteiger partial charge in [0.15, 0.2) is 12.4 Å². The van der Waals surface area contributed by atoms with Gasteiger partial charge < -0.3 is 20.2 Å². The van der Waals surface area contributed by atoms with Gasteiger partial charge in [-0.2, -0.15) is 0 Å². The summed E-state index contributed by atoms with van der Waals surface area (Å²) in [5, 5.41) is 17.4. The second-order valence-electron chi connectivity index (χ2n) is 5.91. The highest BCUT2D eigenvalue weighted by Gasteiger charge is 2.18. The molecule has 1 aliphatic rings. The minimum atomic E-state index is -0.173. The predicted molar refractivity (Wildman–Crippen MR) is 89.0 cm³/mol. The maximum atomic E-state index is 9.62. The molecule has 2 aromatic rings. The smallest absolute Gasteiger partial charge is 0.170 e. The average Bonchev–Trinajstić information content (AvgIpc) is 3.11. The molecule has 1 aromatic heterocycles. The molecule has 1 aromatic carbocycles. The van der Waals surface area contributed by atoms with Crippen molar-refractivity contribution in [2.24, 2.45) is 10.9 Å². The van der Waals surface area contributed by atoms with Crippen LogP contribution in [-0.4, -0.2) is 40.2 Å². The lowest BCUT2D eigenvalue weighted by molar-refractivity contribution is 0.0792. The molecule has 3 N–H and O–H groups in total. The van der Waals surface area contributed by atoms with Gasteiger partial charge in [-0.3, -0.25) is 4.90 Å². The fraction of sp³-hybridized carbons (Fsp3) is 0.412. The van der Waals surface area contributed by atoms with E-state index in [1.165, 1.54) is 6.26 Å². The number of benzene rings is 1. The Kier molecular flexibility index (Phi) is 5.45. The molecule has 1 fully saturated rings. The SMILES string of the molecule is NC(=NOCc1ccon1)c1ccccc1CN1CCC(O)CC1. The lowest BCUT2D eigenvalue weighted by Gasteiger charge is -2.30. The Balaban J connectivity index is 1.64. The summed E-state index contributed by atoms with van der Waals surface area (Å²) in [7, 11) is 0. The maximum absolute atomic E-state index is 9.62. The van der Waals surface area contributed by atoms with Crippen LogP contribution in [-0.2, 0) is 18.0 Å². The first-order valence-corrected chi connectivity index (χ1v) is 8.06. The Labute approximate surface area is 140 Å². The molecule has 1 aliphatic heterocycles. The van der Waals surface area contributed by atoms with Crippen molar-refractivity contribution in [3.63, 3.8) is 0 Å². The highest BCUT2D eigenvalue weighted by Crippen LogP contribution is 2.16. The third-order valence-corrected chi connectivity index (χ3v) is 4.11. The van der Waals surface area contributed by atoms with Gasteiger partial charge in [0.05, 0.1) is 6.10 Å². The lowest BCUT2D eigenvalue weighted by atomic mass is 10.0. The van der Waals surface area contributed by atoms with Gasteiger partial charge in [-0.05, 0) is 18.4 Å². The van der Waals surface area contributed by atoms with Gasteiger partial charge in [0, 0.05) is 31.3 Å². The molecule has 0 unspecified atom stereocenters. The lowest BCUT2D eigenvalue weighted by Crippen LogP contribution is -2.35. The quantitative estimate of drug-likeness (QED) is 0.473. The molecule has 0 bridgehead atoms. The summed E-state index contributed by atoms with van der Waals surface area (Å²) in [5.41, 5.74) is 8.71. The minimum Gasteiger partial charge on any atom is -0.393 e. The van der Waals surface area contributed by atoms with Crippen LogP contribution in [0.5, 0.6) is 0 Å². The number of hydrogen-bond donors (Lipinski definition) is 2. The fourth-order valence-corrected chi connectivity index (χ4v) is 2.76. The number of likely N-dealkylation sites (tertiary alicyclic amines) is 1. The van der Waals surface area contributed by atoms with Crippen LogP contribution in [0.1, 0.15) is 29.7 Å². The summed E-state index contributed by atoms with van der Waals surface area (Å²) in [4.78, 5) is 7.56. The molecule has 1 saturated heterocycles. The number of rotatable bonds is 6. The van der Waals surface area contributed by atoms with E-state index < -0.39 is 0 Å². The van der Waals surface area contributed by atoms with Crippen LogP contribution in [0.2, 0.25) is 0 Å². The Bertz CT molecular complexity index is 664. The fourth-order valence-electron chi connectivity index (χ4n) is 2.76. The summed E-state index contributed by atoms with van der Waals surface area (Å²) in [6.07, 6.45) is 2.93. The predicted octanol–water partition coefficient (Wildman–Crippen LogP) is 1.47. The number of aromatic nitrogens is 1. The second-order valence-corrected chi connectivity index (χ2v) is 5.91. The van der Waals surface area contributed by atoms with E-state index in [9.17, 15) is 5.11 Å². The van der Waals surface area contributed by atoms with Crippen LogP contribution < -0.4 is 5.73 Å². The normalized spacial score (nSPS) is 17.1. The Hall–Kier alpha value is -2.38. The van der Waals surface area contributed by atoms with Crippen molar-refractivity contribution in [3.05, 3.63) is 53.4 Å². The Morgan fingerprint density at radius 1 is 1.33 bits per heavy atom. The molecule has 0 radical (unpaired) electrons. The van der Waals surface area contributed by atoms with E-state index in [4.69, 9.17) is 15.1 Å². The summed E-state index contributed by atoms with van der Waals surface area (Å²) in [6.45, 7) is 2.76. The van der Waals surface area contributed by atoms with Gasteiger partial charge in [0.1, 0.15) is 12.0 Å². The molecule has 7 nitrogen and oxygen atoms in total. The van der Waals surface area contributed by atoms with E-state index in [1.807, 2.05) is 24.3 Å². The van der Waals surface area contributed by atoms with Gasteiger partial charge in [0.25, 0.3) is 0 Å². The van der Waals surface area contributed by atoms with E-state index >= 15 is 0 Å². The molecular formula is C17H22N4O3. The highest BCUT2D eigenvalue weighted by atomic mass is 16.6. The zero-order chi connectivity index (χ0) is 16.8. The Morgan fingerprint density at radius 2 is 2.12 bits per heavy atom. The van der Waals surface area contributed by atoms with E-state index in [0.717, 1.165) is 43.6 Å². The van der Waals surface area contributed by atoms with Crippen molar-refractivity contribution in [2.45, 2.75) is 32.1 Å². The van der Waals surface area contributed by atoms with Crippen molar-refractivity contribution in [1.82, 2.24) is 10.1 Å². The number of piperidine rings is 1. The van der Waals surface area contributed by atoms with E-state index in [-0.39, 0.29) is 12.7 Å². The van der Waals surface area contributed by atoms with E-state index in [2.05, 4.69) is 15.2 Å². The maximum Gasteiger partial charge on any atom is 0.170 e. The van der Waals surface area contributed by atoms with Crippen LogP contribution in [0.4, 0.5) is 0 Å². The number of oxime groups is 1. The number of nitrogens with zero attached hydrogens (tertiary/aromatic N) is 3. The minimum absolute atomic E-state index is 0.173. The van der Waals surface area contributed by atoms with Crippen LogP contribution >= 0.6 is 0 Å². The molecule has 7 heteroatoms. The molecule has 2 heterocycles. The third-order valence-electron chi connectivity index (χ3n) is 4.11. The summed E-state index contributed by atoms with van der Waals surface area (Å²) in [6, 6.07) is 9.61. The van der Waals surface area contributed by atoms with Crippen molar-refractivity contribution in [1.29, 1.82) is 0 Å². The van der Waals surface area contributed by atoms with Crippen LogP contribution in [0, 0.1) is 0 Å². The van der Waals surface area contributed by atoms with Crippen LogP contribution in [0.25, 0.3) is 0 Å². The number of amidine groups is 1. The zero-order valence-electron chi connectivity index (χ0n) is 13.5. The van der Waals surface area contributed by atoms with Gasteiger partial charge in [-0.1, -0.05) is 34.6 Å². The monoisotopic (exact) mass is 330 g/mol. The molecular weight excluding hydrogens is 308 g/mol. The molecule has 0 saturated carbocycles. The first-order chi connectivity index (χ1) is 11.7. The van der Waals surface area contributed by atoms with E-state index in [1.54, 1.807) is 6.07 Å². The first-order valence-electron chi connectivity index (χ1n) is 8.06. The number of nitrogens with two attached hydrogens (primary N) is 1. The standard InChI is InChI=1S/C17H22N4O3/c18-17(20-24-12-14-7-10-23-19-14)16-4-2-1-3-13(16)11-21-8-5-15(22)6-9-21/h1-4,7,10,15,22H,5-6,8-9,11-12H2,(H2,18,20). The van der Waals surface area contributed by atoms with Crippen molar-refractivity contribution >= 4 is 5.84 Å². The summed E-state index contributed by atoms with van der Waals surface area (Å²) >= 11 is 0. The summed E-state index contributed by atoms with van der Waals surface area (Å²) < 4.78 is 4.73. The van der Waals surface area contributed by atoms with Crippen molar-refractivity contribution in [2.75, 3.05) is 13.1 Å². The second kappa shape index (κ2) is 7.94. The molecule has 0 aliphatic carbocycles. The molecule has 0 atom stereocenters. The number of aliphatic hydroxyl groups excluding tert-OH is 1. The van der Waals surface area contributed by atoms with Crippen LogP contribution in [0.3, 0.4) is 0 Å². The molecule has 24 heavy (non-hydrogen) atoms. The molecule has 0 amide bonds. The molecule has 3 rings (SSSR count). The topological polar surface area (TPSA) is 97.1 Å². The van der Waals surface area contributed by atoms with Crippen molar-refractivity contribution < 1.29 is 14.5 Å². The number of hydrogen-bond acceptors (Lipinski definition) is 6. The Morgan fingerprint density at radius 3 is 2.88 bits per heavy atom. The van der Waals surface area contributed by atoms with Gasteiger partial charge in [-0.25, -0.2) is 0 Å². The third kappa shape index (κ3) is 4.33. The molecule has 128 valence electrons. The van der Waals surface area contributed by atoms with Crippen molar-refractivity contribution in [3.8, 4) is 0 Å². The van der Waals surface area contributed by atoms with Gasteiger partial charge in [-0.15, -0.1) is 0 Å². The van der Waals surface area contributed by atoms with E-state index in [0.29, 0.717) is 11.5 Å². The molecule has 0 spiro atoms. The average molecular weight is 330 g/mol. The number of aliphatic hydroxyl groups is 1.